The molecule has 0 aliphatic carbocycles. The zero-order valence-electron chi connectivity index (χ0n) is 51.1. The Bertz CT molecular complexity index is 3840. The predicted molar refractivity (Wildman–Crippen MR) is 335 cm³/mol. The maximum absolute atomic E-state index is 15.7. The number of hydrogen-bond donors (Lipinski definition) is 4. The third-order valence-electron chi connectivity index (χ3n) is 15.9. The van der Waals surface area contributed by atoms with Gasteiger partial charge in [-0.15, -0.1) is 11.3 Å². The molecule has 7 aromatic rings. The molecule has 22 nitrogen and oxygen atoms in total. The van der Waals surface area contributed by atoms with E-state index in [9.17, 15) is 37.1 Å². The molecule has 0 saturated carbocycles. The molecule has 0 radical (unpaired) electrons. The van der Waals surface area contributed by atoms with Crippen molar-refractivity contribution in [3.8, 4) is 33.1 Å². The quantitative estimate of drug-likeness (QED) is 0.0227. The third kappa shape index (κ3) is 16.3. The van der Waals surface area contributed by atoms with Crippen LogP contribution in [-0.2, 0) is 56.6 Å². The Kier molecular flexibility index (Phi) is 22.7. The highest BCUT2D eigenvalue weighted by Crippen LogP contribution is 2.35. The number of fused-ring (bicyclic) bond motifs is 2. The van der Waals surface area contributed by atoms with Crippen LogP contribution in [0.3, 0.4) is 0 Å². The molecule has 4 N–H and O–H groups in total. The van der Waals surface area contributed by atoms with Crippen LogP contribution in [0.1, 0.15) is 69.8 Å². The van der Waals surface area contributed by atoms with Gasteiger partial charge in [0, 0.05) is 79.2 Å². The maximum atomic E-state index is 15.7. The van der Waals surface area contributed by atoms with Crippen molar-refractivity contribution < 1.29 is 79.0 Å². The number of amides is 3. The zero-order chi connectivity index (χ0) is 64.9. The average Bonchev–Trinajstić information content (AvgIpc) is 1.62. The predicted octanol–water partition coefficient (Wildman–Crippen LogP) is 7.67. The SMILES string of the molecule is Cc1ncsc1-c1ccc(CNC(=O)[C@@H]2C[C@@H](O)CN2C(=O)[C@H](C(C)C)N2Cc3ccccc3C2=O)c(OCCOCCOCCOCCOCCOCCOc2ccc(-c3cnc4[nH]cc(C(=O)c5c(F)ccc(NS(=O)(=O)N6CC[C@@H](F)C6)c5F)c4c3)cc2)c1. The van der Waals surface area contributed by atoms with Gasteiger partial charge in [0.1, 0.15) is 54.4 Å². The van der Waals surface area contributed by atoms with Crippen LogP contribution in [0, 0.1) is 24.5 Å². The number of benzene rings is 4. The first-order valence-corrected chi connectivity index (χ1v) is 32.6. The Morgan fingerprint density at radius 1 is 0.804 bits per heavy atom. The number of ketones is 1. The van der Waals surface area contributed by atoms with E-state index in [1.165, 1.54) is 22.4 Å². The van der Waals surface area contributed by atoms with E-state index in [1.807, 2.05) is 55.8 Å². The number of nitrogens with one attached hydrogen (secondary N) is 3. The van der Waals surface area contributed by atoms with Crippen LogP contribution in [0.2, 0.25) is 0 Å². The standard InChI is InChI=1S/C65H73F3N8O14S2/c1-40(2)59(76-36-45-6-4-5-7-50(45)64(76)80)65(81)75-38-48(77)32-55(75)63(79)71-33-44-9-8-43(61-41(3)72-39-91-61)31-56(44)90-29-27-88-25-23-86-21-19-84-18-20-85-22-24-87-26-28-89-49-12-10-42(11-13-49)46-30-51-52(35-70-62(51)69-34-46)60(78)57-53(67)14-15-54(58(57)68)73-92(82,83)74-17-16-47(66)37-74/h4-15,30-31,34-35,39-40,47-48,55,59,73,77H,16-29,32-33,36-38H2,1-3H3,(H,69,70)(H,71,79)/t47-,48-,55+,59+/m1/s1. The normalized spacial score (nSPS) is 17.0. The molecule has 0 unspecified atom stereocenters. The van der Waals surface area contributed by atoms with Gasteiger partial charge in [-0.3, -0.25) is 23.9 Å². The van der Waals surface area contributed by atoms with Gasteiger partial charge in [0.05, 0.1) is 99.5 Å². The number of aromatic amines is 1. The number of aliphatic hydroxyl groups is 1. The molecule has 490 valence electrons. The lowest BCUT2D eigenvalue weighted by molar-refractivity contribution is -0.143. The third-order valence-corrected chi connectivity index (χ3v) is 18.4. The molecule has 3 aliphatic rings. The van der Waals surface area contributed by atoms with E-state index in [4.69, 9.17) is 33.2 Å². The van der Waals surface area contributed by atoms with Crippen LogP contribution in [-0.4, -0.2) is 189 Å². The Hall–Kier alpha value is -7.86. The number of carbonyl (C=O) groups excluding carboxylic acids is 4. The van der Waals surface area contributed by atoms with E-state index in [2.05, 4.69) is 20.3 Å². The summed E-state index contributed by atoms with van der Waals surface area (Å²) in [7, 11) is -4.38. The summed E-state index contributed by atoms with van der Waals surface area (Å²) in [6, 6.07) is 21.6. The first kappa shape index (κ1) is 67.0. The van der Waals surface area contributed by atoms with E-state index in [0.717, 1.165) is 38.1 Å². The van der Waals surface area contributed by atoms with Crippen molar-refractivity contribution in [2.75, 3.05) is 104 Å². The highest BCUT2D eigenvalue weighted by Gasteiger charge is 2.46. The largest absolute Gasteiger partial charge is 0.491 e. The Labute approximate surface area is 534 Å². The molecule has 6 heterocycles. The molecule has 2 fully saturated rings. The topological polar surface area (TPSA) is 263 Å². The van der Waals surface area contributed by atoms with Gasteiger partial charge in [-0.05, 0) is 78.4 Å². The fourth-order valence-corrected chi connectivity index (χ4v) is 13.3. The number of halogens is 3. The van der Waals surface area contributed by atoms with Crippen molar-refractivity contribution in [3.05, 3.63) is 148 Å². The lowest BCUT2D eigenvalue weighted by Crippen LogP contribution is -2.55. The summed E-state index contributed by atoms with van der Waals surface area (Å²) < 4.78 is 113. The monoisotopic (exact) mass is 1310 g/mol. The van der Waals surface area contributed by atoms with Crippen molar-refractivity contribution in [2.24, 2.45) is 5.92 Å². The average molecular weight is 1310 g/mol. The fourth-order valence-electron chi connectivity index (χ4n) is 11.2. The highest BCUT2D eigenvalue weighted by molar-refractivity contribution is 7.90. The van der Waals surface area contributed by atoms with Gasteiger partial charge in [0.25, 0.3) is 5.91 Å². The van der Waals surface area contributed by atoms with Crippen molar-refractivity contribution >= 4 is 61.8 Å². The second-order valence-electron chi connectivity index (χ2n) is 22.6. The Morgan fingerprint density at radius 3 is 2.11 bits per heavy atom. The number of thiazole rings is 1. The number of alkyl halides is 1. The second kappa shape index (κ2) is 31.2. The van der Waals surface area contributed by atoms with Gasteiger partial charge in [-0.1, -0.05) is 56.3 Å². The van der Waals surface area contributed by atoms with Gasteiger partial charge in [0.2, 0.25) is 17.6 Å². The van der Waals surface area contributed by atoms with Crippen LogP contribution in [0.15, 0.2) is 103 Å². The lowest BCUT2D eigenvalue weighted by atomic mass is 10.00. The molecule has 27 heteroatoms. The number of β-amino-alcohol motifs (C(OH)–C–C–N with tert-alkyl or cyclic N) is 1. The lowest BCUT2D eigenvalue weighted by Gasteiger charge is -2.35. The summed E-state index contributed by atoms with van der Waals surface area (Å²) in [6.45, 7) is 9.38. The van der Waals surface area contributed by atoms with Crippen LogP contribution < -0.4 is 19.5 Å². The summed E-state index contributed by atoms with van der Waals surface area (Å²) in [5, 5.41) is 14.0. The number of pyridine rings is 1. The van der Waals surface area contributed by atoms with Crippen LogP contribution >= 0.6 is 11.3 Å². The minimum Gasteiger partial charge on any atom is -0.491 e. The van der Waals surface area contributed by atoms with Crippen LogP contribution in [0.5, 0.6) is 11.5 Å². The number of likely N-dealkylation sites (tertiary alicyclic amines) is 1. The number of carbonyl (C=O) groups is 4. The molecule has 3 aliphatic heterocycles. The van der Waals surface area contributed by atoms with E-state index in [0.29, 0.717) is 93.2 Å². The molecule has 4 atom stereocenters. The molecule has 0 bridgehead atoms. The first-order chi connectivity index (χ1) is 44.4. The summed E-state index contributed by atoms with van der Waals surface area (Å²) in [5.74, 6) is -3.81. The van der Waals surface area contributed by atoms with Gasteiger partial charge < -0.3 is 58.4 Å². The van der Waals surface area contributed by atoms with Gasteiger partial charge in [-0.25, -0.2) is 23.1 Å². The number of ether oxygens (including phenoxy) is 7. The summed E-state index contributed by atoms with van der Waals surface area (Å²) in [5.41, 5.74) is 5.54. The van der Waals surface area contributed by atoms with E-state index in [-0.39, 0.29) is 93.2 Å². The van der Waals surface area contributed by atoms with E-state index in [1.54, 1.807) is 59.1 Å². The molecule has 3 aromatic heterocycles. The van der Waals surface area contributed by atoms with E-state index >= 15 is 8.78 Å². The Balaban J connectivity index is 0.579. The Morgan fingerprint density at radius 2 is 1.47 bits per heavy atom. The molecule has 10 rings (SSSR count). The van der Waals surface area contributed by atoms with Gasteiger partial charge >= 0.3 is 10.2 Å². The smallest absolute Gasteiger partial charge is 0.301 e. The highest BCUT2D eigenvalue weighted by atomic mass is 32.2. The summed E-state index contributed by atoms with van der Waals surface area (Å²) in [6.07, 6.45) is 0.632. The molecule has 4 aromatic carbocycles. The van der Waals surface area contributed by atoms with Crippen LogP contribution in [0.25, 0.3) is 32.6 Å². The number of aryl methyl sites for hydroxylation is 1. The fraction of sp³-hybridized carbons (Fsp3) is 0.415. The molecule has 92 heavy (non-hydrogen) atoms. The minimum absolute atomic E-state index is 0.0135. The second-order valence-corrected chi connectivity index (χ2v) is 25.1. The van der Waals surface area contributed by atoms with Crippen molar-refractivity contribution in [1.29, 1.82) is 0 Å². The minimum atomic E-state index is -4.38. The number of rotatable bonds is 33. The number of aromatic nitrogens is 3. The molecule has 3 amide bonds. The van der Waals surface area contributed by atoms with E-state index < -0.39 is 75.7 Å². The van der Waals surface area contributed by atoms with Crippen molar-refractivity contribution in [2.45, 2.75) is 71.1 Å². The maximum Gasteiger partial charge on any atom is 0.301 e. The zero-order valence-corrected chi connectivity index (χ0v) is 52.7. The molecule has 0 spiro atoms. The van der Waals surface area contributed by atoms with Gasteiger partial charge in [0.15, 0.2) is 5.82 Å². The summed E-state index contributed by atoms with van der Waals surface area (Å²) >= 11 is 1.51. The number of aliphatic hydroxyl groups excluding tert-OH is 1. The van der Waals surface area contributed by atoms with Crippen molar-refractivity contribution in [3.63, 3.8) is 0 Å². The first-order valence-electron chi connectivity index (χ1n) is 30.3. The summed E-state index contributed by atoms with van der Waals surface area (Å²) in [4.78, 5) is 70.9. The van der Waals surface area contributed by atoms with Crippen molar-refractivity contribution in [1.82, 2.24) is 34.4 Å². The number of anilines is 1. The molecule has 2 saturated heterocycles. The van der Waals surface area contributed by atoms with Gasteiger partial charge in [-0.2, -0.15) is 12.7 Å². The van der Waals surface area contributed by atoms with Crippen LogP contribution in [0.4, 0.5) is 18.9 Å². The molecular weight excluding hydrogens is 1240 g/mol. The number of H-pyrrole nitrogens is 1. The molecular formula is C65H73F3N8O14S2. The number of nitrogens with zero attached hydrogens (tertiary/aromatic N) is 5. The number of hydrogen-bond acceptors (Lipinski definition) is 17.